The number of hydrogen-bond acceptors (Lipinski definition) is 3. The zero-order valence-electron chi connectivity index (χ0n) is 13.3. The minimum Gasteiger partial charge on any atom is -0.452 e. The SMILES string of the molecule is O=C(c1ccccc1)c1oc2ccccc2c(=O)c1-c1ccccc1. The Morgan fingerprint density at radius 1 is 0.720 bits per heavy atom. The van der Waals surface area contributed by atoms with E-state index in [0.29, 0.717) is 27.7 Å². The highest BCUT2D eigenvalue weighted by atomic mass is 16.3. The second-order valence-electron chi connectivity index (χ2n) is 5.69. The van der Waals surface area contributed by atoms with Crippen molar-refractivity contribution < 1.29 is 9.21 Å². The van der Waals surface area contributed by atoms with Gasteiger partial charge < -0.3 is 4.42 Å². The zero-order chi connectivity index (χ0) is 17.2. The monoisotopic (exact) mass is 326 g/mol. The maximum Gasteiger partial charge on any atom is 0.228 e. The summed E-state index contributed by atoms with van der Waals surface area (Å²) >= 11 is 0. The van der Waals surface area contributed by atoms with Gasteiger partial charge in [0.05, 0.1) is 10.9 Å². The average molecular weight is 326 g/mol. The van der Waals surface area contributed by atoms with Gasteiger partial charge in [0, 0.05) is 5.56 Å². The number of fused-ring (bicyclic) bond motifs is 1. The maximum atomic E-state index is 13.1. The van der Waals surface area contributed by atoms with Gasteiger partial charge in [-0.25, -0.2) is 0 Å². The molecule has 0 aliphatic heterocycles. The summed E-state index contributed by atoms with van der Waals surface area (Å²) in [6.07, 6.45) is 0. The van der Waals surface area contributed by atoms with E-state index in [2.05, 4.69) is 0 Å². The molecule has 0 atom stereocenters. The fraction of sp³-hybridized carbons (Fsp3) is 0. The van der Waals surface area contributed by atoms with Crippen molar-refractivity contribution in [1.29, 1.82) is 0 Å². The Bertz CT molecular complexity index is 1110. The van der Waals surface area contributed by atoms with Crippen molar-refractivity contribution in [3.05, 3.63) is 106 Å². The summed E-state index contributed by atoms with van der Waals surface area (Å²) in [6, 6.07) is 25.0. The van der Waals surface area contributed by atoms with E-state index in [1.807, 2.05) is 36.4 Å². The van der Waals surface area contributed by atoms with Crippen LogP contribution in [0.3, 0.4) is 0 Å². The standard InChI is InChI=1S/C22H14O3/c23-20(16-11-5-2-6-12-16)22-19(15-9-3-1-4-10-15)21(24)17-13-7-8-14-18(17)25-22/h1-14H. The quantitative estimate of drug-likeness (QED) is 0.513. The lowest BCUT2D eigenvalue weighted by molar-refractivity contribution is 0.101. The van der Waals surface area contributed by atoms with E-state index in [4.69, 9.17) is 4.42 Å². The molecule has 120 valence electrons. The highest BCUT2D eigenvalue weighted by molar-refractivity contribution is 6.11. The van der Waals surface area contributed by atoms with Crippen molar-refractivity contribution in [2.24, 2.45) is 0 Å². The Balaban J connectivity index is 2.06. The van der Waals surface area contributed by atoms with Crippen molar-refractivity contribution >= 4 is 16.8 Å². The number of hydrogen-bond donors (Lipinski definition) is 0. The van der Waals surface area contributed by atoms with Crippen molar-refractivity contribution in [2.75, 3.05) is 0 Å². The average Bonchev–Trinajstić information content (AvgIpc) is 2.69. The normalized spacial score (nSPS) is 10.7. The lowest BCUT2D eigenvalue weighted by atomic mass is 9.98. The van der Waals surface area contributed by atoms with Crippen LogP contribution in [0.5, 0.6) is 0 Å². The predicted molar refractivity (Wildman–Crippen MR) is 97.8 cm³/mol. The molecule has 0 saturated heterocycles. The van der Waals surface area contributed by atoms with Crippen molar-refractivity contribution in [2.45, 2.75) is 0 Å². The van der Waals surface area contributed by atoms with Crippen molar-refractivity contribution in [1.82, 2.24) is 0 Å². The van der Waals surface area contributed by atoms with Crippen LogP contribution in [0.4, 0.5) is 0 Å². The first-order valence-electron chi connectivity index (χ1n) is 7.97. The molecule has 0 fully saturated rings. The summed E-state index contributed by atoms with van der Waals surface area (Å²) in [4.78, 5) is 26.1. The molecule has 3 nitrogen and oxygen atoms in total. The van der Waals surface area contributed by atoms with Gasteiger partial charge in [0.1, 0.15) is 5.58 Å². The van der Waals surface area contributed by atoms with Crippen LogP contribution in [0, 0.1) is 0 Å². The van der Waals surface area contributed by atoms with Gasteiger partial charge >= 0.3 is 0 Å². The van der Waals surface area contributed by atoms with Crippen LogP contribution in [0.2, 0.25) is 0 Å². The van der Waals surface area contributed by atoms with Crippen LogP contribution in [0.25, 0.3) is 22.1 Å². The number of ketones is 1. The van der Waals surface area contributed by atoms with E-state index in [1.165, 1.54) is 0 Å². The van der Waals surface area contributed by atoms with Gasteiger partial charge in [-0.05, 0) is 17.7 Å². The third-order valence-corrected chi connectivity index (χ3v) is 4.10. The van der Waals surface area contributed by atoms with Gasteiger partial charge in [-0.1, -0.05) is 72.8 Å². The molecule has 3 heteroatoms. The Hall–Kier alpha value is -3.46. The van der Waals surface area contributed by atoms with Gasteiger partial charge in [-0.3, -0.25) is 9.59 Å². The minimum absolute atomic E-state index is 0.0705. The smallest absolute Gasteiger partial charge is 0.228 e. The molecule has 1 heterocycles. The Labute approximate surface area is 144 Å². The molecule has 0 spiro atoms. The molecule has 4 rings (SSSR count). The molecule has 0 radical (unpaired) electrons. The molecule has 25 heavy (non-hydrogen) atoms. The summed E-state index contributed by atoms with van der Waals surface area (Å²) in [5.41, 5.74) is 1.66. The molecule has 0 amide bonds. The molecular weight excluding hydrogens is 312 g/mol. The van der Waals surface area contributed by atoms with Gasteiger partial charge in [0.25, 0.3) is 0 Å². The van der Waals surface area contributed by atoms with E-state index < -0.39 is 0 Å². The van der Waals surface area contributed by atoms with E-state index in [-0.39, 0.29) is 17.0 Å². The van der Waals surface area contributed by atoms with Crippen LogP contribution in [-0.2, 0) is 0 Å². The summed E-state index contributed by atoms with van der Waals surface area (Å²) in [7, 11) is 0. The lowest BCUT2D eigenvalue weighted by Gasteiger charge is -2.09. The summed E-state index contributed by atoms with van der Waals surface area (Å²) in [6.45, 7) is 0. The third kappa shape index (κ3) is 2.66. The molecule has 4 aromatic rings. The first kappa shape index (κ1) is 15.1. The van der Waals surface area contributed by atoms with Crippen LogP contribution in [0.1, 0.15) is 16.1 Å². The predicted octanol–water partition coefficient (Wildman–Crippen LogP) is 4.69. The molecule has 0 aliphatic carbocycles. The highest BCUT2D eigenvalue weighted by Crippen LogP contribution is 2.26. The summed E-state index contributed by atoms with van der Waals surface area (Å²) in [5.74, 6) is -0.233. The van der Waals surface area contributed by atoms with E-state index in [0.717, 1.165) is 0 Å². The molecule has 3 aromatic carbocycles. The van der Waals surface area contributed by atoms with Crippen LogP contribution in [0.15, 0.2) is 94.1 Å². The van der Waals surface area contributed by atoms with E-state index in [9.17, 15) is 9.59 Å². The second kappa shape index (κ2) is 6.21. The third-order valence-electron chi connectivity index (χ3n) is 4.10. The Kier molecular flexibility index (Phi) is 3.75. The zero-order valence-corrected chi connectivity index (χ0v) is 13.3. The number of benzene rings is 3. The van der Waals surface area contributed by atoms with Crippen LogP contribution in [-0.4, -0.2) is 5.78 Å². The fourth-order valence-corrected chi connectivity index (χ4v) is 2.89. The van der Waals surface area contributed by atoms with Crippen LogP contribution >= 0.6 is 0 Å². The van der Waals surface area contributed by atoms with Crippen molar-refractivity contribution in [3.63, 3.8) is 0 Å². The highest BCUT2D eigenvalue weighted by Gasteiger charge is 2.22. The molecule has 0 saturated carbocycles. The fourth-order valence-electron chi connectivity index (χ4n) is 2.89. The van der Waals surface area contributed by atoms with Crippen molar-refractivity contribution in [3.8, 4) is 11.1 Å². The number of rotatable bonds is 3. The van der Waals surface area contributed by atoms with Crippen LogP contribution < -0.4 is 5.43 Å². The maximum absolute atomic E-state index is 13.1. The molecule has 0 N–H and O–H groups in total. The summed E-state index contributed by atoms with van der Waals surface area (Å²) in [5, 5.41) is 0.464. The molecule has 0 aliphatic rings. The Morgan fingerprint density at radius 3 is 2.04 bits per heavy atom. The first-order valence-corrected chi connectivity index (χ1v) is 7.97. The largest absolute Gasteiger partial charge is 0.452 e. The van der Waals surface area contributed by atoms with Gasteiger partial charge in [0.2, 0.25) is 11.2 Å². The summed E-state index contributed by atoms with van der Waals surface area (Å²) < 4.78 is 5.89. The minimum atomic E-state index is -0.303. The van der Waals surface area contributed by atoms with Gasteiger partial charge in [0.15, 0.2) is 5.76 Å². The molecule has 0 unspecified atom stereocenters. The lowest BCUT2D eigenvalue weighted by Crippen LogP contribution is -2.13. The molecule has 1 aromatic heterocycles. The first-order chi connectivity index (χ1) is 12.3. The Morgan fingerprint density at radius 2 is 1.32 bits per heavy atom. The number of para-hydroxylation sites is 1. The molecular formula is C22H14O3. The van der Waals surface area contributed by atoms with E-state index in [1.54, 1.807) is 48.5 Å². The number of carbonyl (C=O) groups is 1. The van der Waals surface area contributed by atoms with Gasteiger partial charge in [-0.15, -0.1) is 0 Å². The number of carbonyl (C=O) groups excluding carboxylic acids is 1. The molecule has 0 bridgehead atoms. The topological polar surface area (TPSA) is 47.3 Å². The van der Waals surface area contributed by atoms with E-state index >= 15 is 0 Å². The van der Waals surface area contributed by atoms with Gasteiger partial charge in [-0.2, -0.15) is 0 Å². The second-order valence-corrected chi connectivity index (χ2v) is 5.69.